The van der Waals surface area contributed by atoms with Gasteiger partial charge in [-0.2, -0.15) is 0 Å². The first-order chi connectivity index (χ1) is 8.25. The molecule has 0 bridgehead atoms. The first kappa shape index (κ1) is 12.8. The molecular weight excluding hydrogens is 214 g/mol. The van der Waals surface area contributed by atoms with Crippen molar-refractivity contribution in [3.63, 3.8) is 0 Å². The Hall–Kier alpha value is -0.610. The van der Waals surface area contributed by atoms with Gasteiger partial charge in [-0.3, -0.25) is 4.79 Å². The quantitative estimate of drug-likeness (QED) is 0.760. The number of hydrogen-bond donors (Lipinski definition) is 2. The van der Waals surface area contributed by atoms with Gasteiger partial charge in [-0.15, -0.1) is 0 Å². The zero-order valence-corrected chi connectivity index (χ0v) is 10.9. The summed E-state index contributed by atoms with van der Waals surface area (Å²) < 4.78 is 0. The summed E-state index contributed by atoms with van der Waals surface area (Å²) in [6.45, 7) is 3.07. The lowest BCUT2D eigenvalue weighted by Crippen LogP contribution is -2.42. The fraction of sp³-hybridized carbons (Fsp3) is 0.923. The van der Waals surface area contributed by atoms with Gasteiger partial charge in [0.2, 0.25) is 5.91 Å². The van der Waals surface area contributed by atoms with E-state index in [1.165, 1.54) is 32.2 Å². The summed E-state index contributed by atoms with van der Waals surface area (Å²) in [5.74, 6) is 0.213. The highest BCUT2D eigenvalue weighted by molar-refractivity contribution is 5.76. The van der Waals surface area contributed by atoms with Crippen molar-refractivity contribution in [3.8, 4) is 0 Å². The number of amides is 1. The topological polar surface area (TPSA) is 44.4 Å². The van der Waals surface area contributed by atoms with Crippen LogP contribution in [0.3, 0.4) is 0 Å². The fourth-order valence-electron chi connectivity index (χ4n) is 2.86. The first-order valence-corrected chi connectivity index (χ1v) is 6.96. The molecule has 0 spiro atoms. The first-order valence-electron chi connectivity index (χ1n) is 6.96. The van der Waals surface area contributed by atoms with Gasteiger partial charge in [-0.05, 0) is 45.8 Å². The van der Waals surface area contributed by atoms with Crippen molar-refractivity contribution >= 4 is 5.91 Å². The molecule has 2 saturated heterocycles. The molecule has 2 heterocycles. The Labute approximate surface area is 104 Å². The van der Waals surface area contributed by atoms with Gasteiger partial charge in [0.15, 0.2) is 0 Å². The lowest BCUT2D eigenvalue weighted by molar-refractivity contribution is -0.121. The molecule has 4 nitrogen and oxygen atoms in total. The molecule has 2 rings (SSSR count). The molecule has 98 valence electrons. The van der Waals surface area contributed by atoms with E-state index < -0.39 is 0 Å². The molecule has 0 radical (unpaired) electrons. The highest BCUT2D eigenvalue weighted by Gasteiger charge is 2.22. The molecule has 2 unspecified atom stereocenters. The van der Waals surface area contributed by atoms with Gasteiger partial charge in [0, 0.05) is 25.0 Å². The Morgan fingerprint density at radius 3 is 2.88 bits per heavy atom. The van der Waals surface area contributed by atoms with Gasteiger partial charge in [0.1, 0.15) is 0 Å². The molecule has 4 heteroatoms. The Balaban J connectivity index is 1.63. The number of carbonyl (C=O) groups is 1. The molecule has 17 heavy (non-hydrogen) atoms. The van der Waals surface area contributed by atoms with E-state index in [9.17, 15) is 4.79 Å². The summed E-state index contributed by atoms with van der Waals surface area (Å²) in [7, 11) is 2.15. The summed E-state index contributed by atoms with van der Waals surface area (Å²) >= 11 is 0. The highest BCUT2D eigenvalue weighted by atomic mass is 16.1. The smallest absolute Gasteiger partial charge is 0.221 e. The normalized spacial score (nSPS) is 30.4. The van der Waals surface area contributed by atoms with E-state index >= 15 is 0 Å². The van der Waals surface area contributed by atoms with Gasteiger partial charge < -0.3 is 15.5 Å². The van der Waals surface area contributed by atoms with Gasteiger partial charge >= 0.3 is 0 Å². The van der Waals surface area contributed by atoms with E-state index in [0.717, 1.165) is 19.5 Å². The molecule has 1 amide bonds. The van der Waals surface area contributed by atoms with Crippen molar-refractivity contribution in [2.75, 3.05) is 26.7 Å². The molecule has 2 aliphatic rings. The van der Waals surface area contributed by atoms with Crippen molar-refractivity contribution in [1.82, 2.24) is 15.5 Å². The maximum Gasteiger partial charge on any atom is 0.221 e. The van der Waals surface area contributed by atoms with Crippen LogP contribution in [0.5, 0.6) is 0 Å². The summed E-state index contributed by atoms with van der Waals surface area (Å²) in [5, 5.41) is 6.50. The molecule has 2 fully saturated rings. The van der Waals surface area contributed by atoms with E-state index in [0.29, 0.717) is 18.5 Å². The third-order valence-corrected chi connectivity index (χ3v) is 4.05. The third-order valence-electron chi connectivity index (χ3n) is 4.05. The van der Waals surface area contributed by atoms with Crippen LogP contribution in [-0.2, 0) is 4.79 Å². The van der Waals surface area contributed by atoms with Crippen LogP contribution in [0.15, 0.2) is 0 Å². The van der Waals surface area contributed by atoms with Crippen LogP contribution in [0, 0.1) is 0 Å². The zero-order chi connectivity index (χ0) is 12.1. The minimum Gasteiger partial charge on any atom is -0.354 e. The summed E-state index contributed by atoms with van der Waals surface area (Å²) in [5.41, 5.74) is 0. The predicted octanol–water partition coefficient (Wildman–Crippen LogP) is 0.729. The Bertz CT molecular complexity index is 251. The van der Waals surface area contributed by atoms with Crippen molar-refractivity contribution in [3.05, 3.63) is 0 Å². The highest BCUT2D eigenvalue weighted by Crippen LogP contribution is 2.14. The Morgan fingerprint density at radius 1 is 1.35 bits per heavy atom. The number of nitrogens with zero attached hydrogens (tertiary/aromatic N) is 1. The molecule has 0 saturated carbocycles. The SMILES string of the molecule is CN1CCCC1CNC(=O)CC1CCCCN1. The minimum absolute atomic E-state index is 0.213. The molecule has 0 aromatic carbocycles. The van der Waals surface area contributed by atoms with E-state index in [2.05, 4.69) is 22.6 Å². The maximum absolute atomic E-state index is 11.8. The average Bonchev–Trinajstić information content (AvgIpc) is 2.74. The predicted molar refractivity (Wildman–Crippen MR) is 68.9 cm³/mol. The molecule has 2 N–H and O–H groups in total. The molecule has 0 aliphatic carbocycles. The average molecular weight is 239 g/mol. The molecule has 2 aliphatic heterocycles. The number of hydrogen-bond acceptors (Lipinski definition) is 3. The molecule has 0 aromatic rings. The third kappa shape index (κ3) is 3.96. The number of likely N-dealkylation sites (tertiary alicyclic amines) is 1. The van der Waals surface area contributed by atoms with Crippen LogP contribution in [-0.4, -0.2) is 49.6 Å². The van der Waals surface area contributed by atoms with Crippen LogP contribution in [0.4, 0.5) is 0 Å². The lowest BCUT2D eigenvalue weighted by Gasteiger charge is -2.24. The molecular formula is C13H25N3O. The second-order valence-corrected chi connectivity index (χ2v) is 5.43. The fourth-order valence-corrected chi connectivity index (χ4v) is 2.86. The van der Waals surface area contributed by atoms with Crippen LogP contribution >= 0.6 is 0 Å². The Morgan fingerprint density at radius 2 is 2.24 bits per heavy atom. The number of likely N-dealkylation sites (N-methyl/N-ethyl adjacent to an activating group) is 1. The zero-order valence-electron chi connectivity index (χ0n) is 10.9. The monoisotopic (exact) mass is 239 g/mol. The van der Waals surface area contributed by atoms with Crippen molar-refractivity contribution in [2.24, 2.45) is 0 Å². The van der Waals surface area contributed by atoms with Crippen LogP contribution in [0.1, 0.15) is 38.5 Å². The number of rotatable bonds is 4. The maximum atomic E-state index is 11.8. The van der Waals surface area contributed by atoms with Gasteiger partial charge in [0.05, 0.1) is 0 Å². The van der Waals surface area contributed by atoms with Gasteiger partial charge in [-0.25, -0.2) is 0 Å². The largest absolute Gasteiger partial charge is 0.354 e. The van der Waals surface area contributed by atoms with Gasteiger partial charge in [-0.1, -0.05) is 6.42 Å². The summed E-state index contributed by atoms with van der Waals surface area (Å²) in [6.07, 6.45) is 6.80. The van der Waals surface area contributed by atoms with Crippen molar-refractivity contribution in [1.29, 1.82) is 0 Å². The van der Waals surface area contributed by atoms with Crippen LogP contribution < -0.4 is 10.6 Å². The van der Waals surface area contributed by atoms with Crippen LogP contribution in [0.2, 0.25) is 0 Å². The van der Waals surface area contributed by atoms with Gasteiger partial charge in [0.25, 0.3) is 0 Å². The standard InChI is InChI=1S/C13H25N3O/c1-16-8-4-6-12(16)10-15-13(17)9-11-5-2-3-7-14-11/h11-12,14H,2-10H2,1H3,(H,15,17). The Kier molecular flexibility index (Phi) is 4.80. The summed E-state index contributed by atoms with van der Waals surface area (Å²) in [4.78, 5) is 14.2. The van der Waals surface area contributed by atoms with E-state index in [4.69, 9.17) is 0 Å². The van der Waals surface area contributed by atoms with E-state index in [1.807, 2.05) is 0 Å². The van der Waals surface area contributed by atoms with E-state index in [1.54, 1.807) is 0 Å². The van der Waals surface area contributed by atoms with Crippen molar-refractivity contribution in [2.45, 2.75) is 50.6 Å². The van der Waals surface area contributed by atoms with Crippen LogP contribution in [0.25, 0.3) is 0 Å². The number of nitrogens with one attached hydrogen (secondary N) is 2. The van der Waals surface area contributed by atoms with E-state index in [-0.39, 0.29) is 5.91 Å². The number of piperidine rings is 1. The minimum atomic E-state index is 0.213. The molecule has 2 atom stereocenters. The second-order valence-electron chi connectivity index (χ2n) is 5.43. The second kappa shape index (κ2) is 6.36. The summed E-state index contributed by atoms with van der Waals surface area (Å²) in [6, 6.07) is 0.961. The lowest BCUT2D eigenvalue weighted by atomic mass is 10.0. The molecule has 0 aromatic heterocycles. The van der Waals surface area contributed by atoms with Crippen molar-refractivity contribution < 1.29 is 4.79 Å². The number of carbonyl (C=O) groups excluding carboxylic acids is 1.